The van der Waals surface area contributed by atoms with Crippen LogP contribution in [0.15, 0.2) is 12.2 Å². The van der Waals surface area contributed by atoms with Crippen molar-refractivity contribution in [1.82, 2.24) is 0 Å². The summed E-state index contributed by atoms with van der Waals surface area (Å²) in [6, 6.07) is 0. The van der Waals surface area contributed by atoms with Gasteiger partial charge in [0.05, 0.1) is 12.5 Å². The monoisotopic (exact) mass is 356 g/mol. The molecule has 0 aliphatic rings. The van der Waals surface area contributed by atoms with Crippen LogP contribution in [0.25, 0.3) is 0 Å². The number of carbonyl (C=O) groups is 3. The molecule has 6 nitrogen and oxygen atoms in total. The first-order chi connectivity index (χ1) is 11.5. The maximum Gasteiger partial charge on any atom is 0.344 e. The molecular formula is C19H32O6. The van der Waals surface area contributed by atoms with Gasteiger partial charge in [-0.15, -0.1) is 0 Å². The highest BCUT2D eigenvalue weighted by Crippen LogP contribution is 2.11. The van der Waals surface area contributed by atoms with Crippen molar-refractivity contribution in [2.24, 2.45) is 0 Å². The molecule has 0 aromatic rings. The average Bonchev–Trinajstić information content (AvgIpc) is 2.47. The molecule has 0 aliphatic heterocycles. The molecule has 0 amide bonds. The van der Waals surface area contributed by atoms with Gasteiger partial charge in [0.1, 0.15) is 5.60 Å². The van der Waals surface area contributed by atoms with Crippen molar-refractivity contribution in [3.8, 4) is 0 Å². The normalized spacial score (nSPS) is 12.2. The van der Waals surface area contributed by atoms with Crippen molar-refractivity contribution in [3.63, 3.8) is 0 Å². The van der Waals surface area contributed by atoms with Gasteiger partial charge in [-0.2, -0.15) is 0 Å². The maximum absolute atomic E-state index is 11.8. The van der Waals surface area contributed by atoms with Crippen LogP contribution in [-0.2, 0) is 28.6 Å². The minimum absolute atomic E-state index is 0.0493. The second-order valence-corrected chi connectivity index (χ2v) is 7.09. The molecule has 0 heterocycles. The van der Waals surface area contributed by atoms with E-state index in [2.05, 4.69) is 13.5 Å². The smallest absolute Gasteiger partial charge is 0.344 e. The summed E-state index contributed by atoms with van der Waals surface area (Å²) >= 11 is 0. The van der Waals surface area contributed by atoms with Crippen molar-refractivity contribution >= 4 is 17.9 Å². The van der Waals surface area contributed by atoms with Crippen LogP contribution >= 0.6 is 0 Å². The number of hydrogen-bond donors (Lipinski definition) is 0. The second kappa shape index (κ2) is 11.7. The Morgan fingerprint density at radius 2 is 1.68 bits per heavy atom. The molecule has 0 N–H and O–H groups in total. The third-order valence-corrected chi connectivity index (χ3v) is 3.18. The van der Waals surface area contributed by atoms with Crippen LogP contribution in [0, 0.1) is 0 Å². The van der Waals surface area contributed by atoms with Crippen LogP contribution in [0.2, 0.25) is 0 Å². The molecule has 144 valence electrons. The topological polar surface area (TPSA) is 78.9 Å². The first-order valence-electron chi connectivity index (χ1n) is 8.81. The molecule has 0 saturated carbocycles. The zero-order valence-electron chi connectivity index (χ0n) is 16.2. The Morgan fingerprint density at radius 1 is 1.04 bits per heavy atom. The van der Waals surface area contributed by atoms with Crippen LogP contribution in [0.1, 0.15) is 73.1 Å². The highest BCUT2D eigenvalue weighted by molar-refractivity contribution is 5.94. The molecule has 0 saturated heterocycles. The SMILES string of the molecule is C=C(CC(=O)OC(C)CCCCCC)C(=O)OCC(=O)OC(C)(C)C. The number of carbonyl (C=O) groups excluding carboxylic acids is 3. The van der Waals surface area contributed by atoms with Gasteiger partial charge in [0, 0.05) is 5.57 Å². The zero-order chi connectivity index (χ0) is 19.5. The fourth-order valence-electron chi connectivity index (χ4n) is 2.03. The second-order valence-electron chi connectivity index (χ2n) is 7.09. The van der Waals surface area contributed by atoms with E-state index >= 15 is 0 Å². The number of hydrogen-bond acceptors (Lipinski definition) is 6. The van der Waals surface area contributed by atoms with Crippen molar-refractivity contribution in [1.29, 1.82) is 0 Å². The van der Waals surface area contributed by atoms with Crippen molar-refractivity contribution in [3.05, 3.63) is 12.2 Å². The van der Waals surface area contributed by atoms with Crippen LogP contribution in [0.3, 0.4) is 0 Å². The van der Waals surface area contributed by atoms with E-state index in [9.17, 15) is 14.4 Å². The van der Waals surface area contributed by atoms with Crippen LogP contribution in [-0.4, -0.2) is 36.2 Å². The lowest BCUT2D eigenvalue weighted by Gasteiger charge is -2.19. The molecule has 0 aromatic carbocycles. The Morgan fingerprint density at radius 3 is 2.24 bits per heavy atom. The molecule has 0 fully saturated rings. The fraction of sp³-hybridized carbons (Fsp3) is 0.737. The molecule has 0 aromatic heterocycles. The summed E-state index contributed by atoms with van der Waals surface area (Å²) in [7, 11) is 0. The molecule has 0 bridgehead atoms. The molecule has 6 heteroatoms. The van der Waals surface area contributed by atoms with E-state index in [0.29, 0.717) is 0 Å². The number of esters is 3. The van der Waals surface area contributed by atoms with Crippen LogP contribution < -0.4 is 0 Å². The van der Waals surface area contributed by atoms with Gasteiger partial charge in [-0.1, -0.05) is 32.8 Å². The summed E-state index contributed by atoms with van der Waals surface area (Å²) in [5.41, 5.74) is -0.704. The molecule has 0 aliphatic carbocycles. The summed E-state index contributed by atoms with van der Waals surface area (Å²) in [5, 5.41) is 0. The van der Waals surface area contributed by atoms with E-state index in [1.165, 1.54) is 6.42 Å². The Balaban J connectivity index is 4.07. The lowest BCUT2D eigenvalue weighted by Crippen LogP contribution is -2.27. The van der Waals surface area contributed by atoms with Crippen molar-refractivity contribution < 1.29 is 28.6 Å². The van der Waals surface area contributed by atoms with Gasteiger partial charge in [0.25, 0.3) is 0 Å². The number of unbranched alkanes of at least 4 members (excludes halogenated alkanes) is 3. The van der Waals surface area contributed by atoms with Gasteiger partial charge >= 0.3 is 17.9 Å². The van der Waals surface area contributed by atoms with Gasteiger partial charge in [0.15, 0.2) is 6.61 Å². The molecule has 1 unspecified atom stereocenters. The van der Waals surface area contributed by atoms with Gasteiger partial charge < -0.3 is 14.2 Å². The molecule has 1 atom stereocenters. The van der Waals surface area contributed by atoms with E-state index in [-0.39, 0.29) is 18.1 Å². The third kappa shape index (κ3) is 13.2. The van der Waals surface area contributed by atoms with E-state index in [4.69, 9.17) is 14.2 Å². The fourth-order valence-corrected chi connectivity index (χ4v) is 2.03. The standard InChI is InChI=1S/C19H32O6/c1-7-8-9-10-11-15(3)24-16(20)12-14(2)18(22)23-13-17(21)25-19(4,5)6/h15H,2,7-13H2,1,3-6H3. The predicted octanol–water partition coefficient (Wildman–Crippen LogP) is 3.72. The maximum atomic E-state index is 11.8. The quantitative estimate of drug-likeness (QED) is 0.243. The molecule has 0 rings (SSSR count). The largest absolute Gasteiger partial charge is 0.462 e. The Bertz CT molecular complexity index is 461. The summed E-state index contributed by atoms with van der Waals surface area (Å²) in [6.45, 7) is 12.1. The molecular weight excluding hydrogens is 324 g/mol. The first-order valence-corrected chi connectivity index (χ1v) is 8.81. The van der Waals surface area contributed by atoms with Gasteiger partial charge in [-0.25, -0.2) is 9.59 Å². The first kappa shape index (κ1) is 23.1. The van der Waals surface area contributed by atoms with Crippen molar-refractivity contribution in [2.75, 3.05) is 6.61 Å². The highest BCUT2D eigenvalue weighted by Gasteiger charge is 2.20. The summed E-state index contributed by atoms with van der Waals surface area (Å²) in [6.07, 6.45) is 4.77. The summed E-state index contributed by atoms with van der Waals surface area (Å²) in [5.74, 6) is -1.99. The van der Waals surface area contributed by atoms with E-state index in [0.717, 1.165) is 25.7 Å². The van der Waals surface area contributed by atoms with Gasteiger partial charge in [-0.05, 0) is 40.5 Å². The third-order valence-electron chi connectivity index (χ3n) is 3.18. The summed E-state index contributed by atoms with van der Waals surface area (Å²) < 4.78 is 15.1. The Labute approximate surface area is 150 Å². The summed E-state index contributed by atoms with van der Waals surface area (Å²) in [4.78, 5) is 35.0. The van der Waals surface area contributed by atoms with Gasteiger partial charge in [-0.3, -0.25) is 4.79 Å². The van der Waals surface area contributed by atoms with Crippen LogP contribution in [0.5, 0.6) is 0 Å². The van der Waals surface area contributed by atoms with E-state index in [1.807, 2.05) is 6.92 Å². The number of ether oxygens (including phenoxy) is 3. The Kier molecular flexibility index (Phi) is 10.8. The zero-order valence-corrected chi connectivity index (χ0v) is 16.2. The molecule has 0 spiro atoms. The van der Waals surface area contributed by atoms with Crippen molar-refractivity contribution in [2.45, 2.75) is 84.8 Å². The lowest BCUT2D eigenvalue weighted by molar-refractivity contribution is -0.165. The predicted molar refractivity (Wildman–Crippen MR) is 94.9 cm³/mol. The van der Waals surface area contributed by atoms with Gasteiger partial charge in [0.2, 0.25) is 0 Å². The Hall–Kier alpha value is -1.85. The molecule has 25 heavy (non-hydrogen) atoms. The minimum atomic E-state index is -0.807. The lowest BCUT2D eigenvalue weighted by atomic mass is 10.1. The van der Waals surface area contributed by atoms with E-state index in [1.54, 1.807) is 20.8 Å². The van der Waals surface area contributed by atoms with Crippen LogP contribution in [0.4, 0.5) is 0 Å². The highest BCUT2D eigenvalue weighted by atomic mass is 16.6. The molecule has 0 radical (unpaired) electrons. The minimum Gasteiger partial charge on any atom is -0.462 e. The number of rotatable bonds is 11. The average molecular weight is 356 g/mol. The van der Waals surface area contributed by atoms with E-state index < -0.39 is 30.1 Å².